The first-order valence-corrected chi connectivity index (χ1v) is 11.5. The molecule has 1 aromatic heterocycles. The zero-order valence-electron chi connectivity index (χ0n) is 17.3. The molecular weight excluding hydrogens is 366 g/mol. The van der Waals surface area contributed by atoms with Crippen molar-refractivity contribution in [2.75, 3.05) is 13.1 Å². The maximum Gasteiger partial charge on any atom is 0.227 e. The van der Waals surface area contributed by atoms with Gasteiger partial charge in [-0.25, -0.2) is 0 Å². The molecule has 0 spiro atoms. The van der Waals surface area contributed by atoms with Gasteiger partial charge in [0.25, 0.3) is 0 Å². The third-order valence-electron chi connectivity index (χ3n) is 6.56. The highest BCUT2D eigenvalue weighted by atomic mass is 32.1. The molecule has 4 rings (SSSR count). The van der Waals surface area contributed by atoms with Crippen molar-refractivity contribution in [3.05, 3.63) is 34.7 Å². The Bertz CT molecular complexity index is 892. The van der Waals surface area contributed by atoms with Gasteiger partial charge in [-0.1, -0.05) is 58.2 Å². The summed E-state index contributed by atoms with van der Waals surface area (Å²) in [4.78, 5) is 29.2. The fourth-order valence-electron chi connectivity index (χ4n) is 4.89. The van der Waals surface area contributed by atoms with E-state index in [0.29, 0.717) is 12.3 Å². The zero-order valence-corrected chi connectivity index (χ0v) is 18.1. The zero-order chi connectivity index (χ0) is 19.9. The second-order valence-electron chi connectivity index (χ2n) is 9.59. The van der Waals surface area contributed by atoms with Crippen molar-refractivity contribution in [1.82, 2.24) is 4.90 Å². The number of thiophene rings is 1. The number of nitrogens with zero attached hydrogens (tertiary/aromatic N) is 1. The largest absolute Gasteiger partial charge is 0.342 e. The van der Waals surface area contributed by atoms with Crippen LogP contribution in [0.3, 0.4) is 0 Å². The van der Waals surface area contributed by atoms with Crippen molar-refractivity contribution >= 4 is 33.1 Å². The van der Waals surface area contributed by atoms with Crippen molar-refractivity contribution in [3.63, 3.8) is 0 Å². The van der Waals surface area contributed by atoms with Crippen LogP contribution in [0.4, 0.5) is 0 Å². The Morgan fingerprint density at radius 1 is 1.07 bits per heavy atom. The van der Waals surface area contributed by atoms with Crippen LogP contribution in [-0.2, 0) is 11.2 Å². The molecule has 150 valence electrons. The number of benzene rings is 1. The number of amides is 1. The lowest BCUT2D eigenvalue weighted by atomic mass is 9.75. The van der Waals surface area contributed by atoms with Gasteiger partial charge in [-0.3, -0.25) is 9.59 Å². The number of piperidine rings is 1. The molecule has 1 saturated heterocycles. The molecule has 1 aliphatic heterocycles. The monoisotopic (exact) mass is 397 g/mol. The fraction of sp³-hybridized carbons (Fsp3) is 0.583. The summed E-state index contributed by atoms with van der Waals surface area (Å²) in [5.74, 6) is 1.83. The van der Waals surface area contributed by atoms with Gasteiger partial charge in [0.15, 0.2) is 5.78 Å². The van der Waals surface area contributed by atoms with Crippen molar-refractivity contribution in [3.8, 4) is 0 Å². The average molecular weight is 398 g/mol. The quantitative estimate of drug-likeness (QED) is 0.622. The summed E-state index contributed by atoms with van der Waals surface area (Å²) in [5, 5.41) is 1.07. The molecule has 2 aliphatic rings. The van der Waals surface area contributed by atoms with E-state index in [4.69, 9.17) is 0 Å². The second-order valence-corrected chi connectivity index (χ2v) is 10.6. The number of rotatable bonds is 3. The van der Waals surface area contributed by atoms with E-state index >= 15 is 0 Å². The van der Waals surface area contributed by atoms with Gasteiger partial charge in [0.1, 0.15) is 0 Å². The van der Waals surface area contributed by atoms with Crippen LogP contribution in [0.25, 0.3) is 10.1 Å². The van der Waals surface area contributed by atoms with Gasteiger partial charge in [-0.05, 0) is 41.7 Å². The SMILES string of the molecule is CC(C)(C)C(=O)c1sc2ccccc2c1CC(=O)N1CCC2CCCCC2C1. The smallest absolute Gasteiger partial charge is 0.227 e. The van der Waals surface area contributed by atoms with Crippen LogP contribution in [0, 0.1) is 17.3 Å². The Balaban J connectivity index is 1.60. The Labute approximate surface area is 172 Å². The molecule has 4 heteroatoms. The first kappa shape index (κ1) is 19.6. The van der Waals surface area contributed by atoms with Crippen LogP contribution in [-0.4, -0.2) is 29.7 Å². The Hall–Kier alpha value is -1.68. The molecule has 2 atom stereocenters. The Kier molecular flexibility index (Phi) is 5.34. The predicted octanol–water partition coefficient (Wildman–Crippen LogP) is 5.71. The maximum atomic E-state index is 13.2. The number of carbonyl (C=O) groups is 2. The molecule has 0 radical (unpaired) electrons. The van der Waals surface area contributed by atoms with Gasteiger partial charge < -0.3 is 4.90 Å². The summed E-state index contributed by atoms with van der Waals surface area (Å²) in [6.07, 6.45) is 6.76. The molecular formula is C24H31NO2S. The van der Waals surface area contributed by atoms with Crippen LogP contribution in [0.15, 0.2) is 24.3 Å². The third-order valence-corrected chi connectivity index (χ3v) is 7.77. The van der Waals surface area contributed by atoms with E-state index in [1.807, 2.05) is 32.9 Å². The highest BCUT2D eigenvalue weighted by Crippen LogP contribution is 2.38. The Morgan fingerprint density at radius 3 is 2.54 bits per heavy atom. The van der Waals surface area contributed by atoms with E-state index in [9.17, 15) is 9.59 Å². The van der Waals surface area contributed by atoms with Crippen LogP contribution in [0.2, 0.25) is 0 Å². The molecule has 1 aliphatic carbocycles. The van der Waals surface area contributed by atoms with Gasteiger partial charge in [0.2, 0.25) is 5.91 Å². The van der Waals surface area contributed by atoms with E-state index < -0.39 is 5.41 Å². The number of ketones is 1. The minimum atomic E-state index is -0.445. The lowest BCUT2D eigenvalue weighted by Gasteiger charge is -2.41. The fourth-order valence-corrected chi connectivity index (χ4v) is 6.26. The van der Waals surface area contributed by atoms with Crippen LogP contribution < -0.4 is 0 Å². The van der Waals surface area contributed by atoms with Gasteiger partial charge in [0.05, 0.1) is 11.3 Å². The number of Topliss-reactive ketones (excluding diaryl/α,β-unsaturated/α-hetero) is 1. The van der Waals surface area contributed by atoms with Gasteiger partial charge in [-0.2, -0.15) is 0 Å². The lowest BCUT2D eigenvalue weighted by Crippen LogP contribution is -2.45. The molecule has 2 aromatic rings. The highest BCUT2D eigenvalue weighted by molar-refractivity contribution is 7.21. The predicted molar refractivity (Wildman–Crippen MR) is 116 cm³/mol. The molecule has 0 bridgehead atoms. The number of fused-ring (bicyclic) bond motifs is 2. The van der Waals surface area contributed by atoms with Crippen molar-refractivity contribution < 1.29 is 9.59 Å². The number of likely N-dealkylation sites (tertiary alicyclic amines) is 1. The first-order valence-electron chi connectivity index (χ1n) is 10.7. The minimum Gasteiger partial charge on any atom is -0.342 e. The molecule has 3 nitrogen and oxygen atoms in total. The topological polar surface area (TPSA) is 37.4 Å². The van der Waals surface area contributed by atoms with E-state index in [0.717, 1.165) is 46.0 Å². The van der Waals surface area contributed by atoms with Gasteiger partial charge in [-0.15, -0.1) is 11.3 Å². The molecule has 2 fully saturated rings. The van der Waals surface area contributed by atoms with Crippen LogP contribution in [0.1, 0.15) is 68.1 Å². The second kappa shape index (κ2) is 7.62. The van der Waals surface area contributed by atoms with Crippen LogP contribution >= 0.6 is 11.3 Å². The molecule has 2 heterocycles. The van der Waals surface area contributed by atoms with Crippen molar-refractivity contribution in [2.45, 2.75) is 59.3 Å². The molecule has 2 unspecified atom stereocenters. The number of hydrogen-bond donors (Lipinski definition) is 0. The Morgan fingerprint density at radius 2 is 1.79 bits per heavy atom. The normalized spacial score (nSPS) is 22.9. The van der Waals surface area contributed by atoms with E-state index in [-0.39, 0.29) is 11.7 Å². The summed E-state index contributed by atoms with van der Waals surface area (Å²) in [6, 6.07) is 8.12. The minimum absolute atomic E-state index is 0.141. The van der Waals surface area contributed by atoms with Crippen molar-refractivity contribution in [1.29, 1.82) is 0 Å². The molecule has 0 N–H and O–H groups in total. The summed E-state index contributed by atoms with van der Waals surface area (Å²) in [7, 11) is 0. The molecule has 28 heavy (non-hydrogen) atoms. The van der Waals surface area contributed by atoms with Gasteiger partial charge >= 0.3 is 0 Å². The summed E-state index contributed by atoms with van der Waals surface area (Å²) in [5.41, 5.74) is 0.496. The van der Waals surface area contributed by atoms with Crippen LogP contribution in [0.5, 0.6) is 0 Å². The molecule has 1 saturated carbocycles. The standard InChI is InChI=1S/C24H31NO2S/c1-24(2,3)23(27)22-19(18-10-6-7-11-20(18)28-22)14-21(26)25-13-12-16-8-4-5-9-17(16)15-25/h6-7,10-11,16-17H,4-5,8-9,12-15H2,1-3H3. The number of hydrogen-bond acceptors (Lipinski definition) is 3. The van der Waals surface area contributed by atoms with E-state index in [1.54, 1.807) is 11.3 Å². The highest BCUT2D eigenvalue weighted by Gasteiger charge is 2.34. The van der Waals surface area contributed by atoms with E-state index in [1.165, 1.54) is 25.7 Å². The lowest BCUT2D eigenvalue weighted by molar-refractivity contribution is -0.133. The average Bonchev–Trinajstić information content (AvgIpc) is 3.04. The third kappa shape index (κ3) is 3.76. The maximum absolute atomic E-state index is 13.2. The van der Waals surface area contributed by atoms with E-state index in [2.05, 4.69) is 17.0 Å². The summed E-state index contributed by atoms with van der Waals surface area (Å²) in [6.45, 7) is 7.66. The summed E-state index contributed by atoms with van der Waals surface area (Å²) < 4.78 is 1.10. The first-order chi connectivity index (χ1) is 13.3. The van der Waals surface area contributed by atoms with Crippen molar-refractivity contribution in [2.24, 2.45) is 17.3 Å². The van der Waals surface area contributed by atoms with Gasteiger partial charge in [0, 0.05) is 23.2 Å². The summed E-state index contributed by atoms with van der Waals surface area (Å²) >= 11 is 1.55. The molecule has 1 amide bonds. The molecule has 1 aromatic carbocycles. The number of carbonyl (C=O) groups excluding carboxylic acids is 2.